The largest absolute Gasteiger partial charge is 0.484 e. The Bertz CT molecular complexity index is 810. The Kier molecular flexibility index (Phi) is 6.41. The van der Waals surface area contributed by atoms with Gasteiger partial charge in [0, 0.05) is 25.2 Å². The molecule has 0 saturated carbocycles. The van der Waals surface area contributed by atoms with Crippen molar-refractivity contribution in [2.75, 3.05) is 18.1 Å². The number of ether oxygens (including phenoxy) is 2. The van der Waals surface area contributed by atoms with Gasteiger partial charge in [-0.15, -0.1) is 0 Å². The number of amides is 2. The molecule has 0 aliphatic carbocycles. The van der Waals surface area contributed by atoms with Gasteiger partial charge in [0.25, 0.3) is 5.91 Å². The average Bonchev–Trinajstić information content (AvgIpc) is 3.12. The highest BCUT2D eigenvalue weighted by Crippen LogP contribution is 2.23. The van der Waals surface area contributed by atoms with Gasteiger partial charge in [0.2, 0.25) is 5.91 Å². The van der Waals surface area contributed by atoms with Crippen molar-refractivity contribution in [1.82, 2.24) is 5.32 Å². The van der Waals surface area contributed by atoms with Crippen molar-refractivity contribution in [2.45, 2.75) is 26.0 Å². The lowest BCUT2D eigenvalue weighted by atomic mass is 10.2. The summed E-state index contributed by atoms with van der Waals surface area (Å²) in [7, 11) is 0. The maximum atomic E-state index is 12.1. The molecule has 1 heterocycles. The van der Waals surface area contributed by atoms with Gasteiger partial charge < -0.3 is 19.7 Å². The lowest BCUT2D eigenvalue weighted by Crippen LogP contribution is -2.28. The molecule has 3 rings (SSSR count). The maximum Gasteiger partial charge on any atom is 0.387 e. The first kappa shape index (κ1) is 19.6. The Balaban J connectivity index is 1.42. The molecule has 1 fully saturated rings. The predicted octanol–water partition coefficient (Wildman–Crippen LogP) is 3.11. The molecular weight excluding hydrogens is 370 g/mol. The van der Waals surface area contributed by atoms with Gasteiger partial charge in [-0.2, -0.15) is 8.78 Å². The summed E-state index contributed by atoms with van der Waals surface area (Å²) >= 11 is 0. The first-order chi connectivity index (χ1) is 13.5. The monoisotopic (exact) mass is 390 g/mol. The molecule has 2 aromatic rings. The summed E-state index contributed by atoms with van der Waals surface area (Å²) in [6.45, 7) is -2.06. The lowest BCUT2D eigenvalue weighted by molar-refractivity contribution is -0.123. The average molecular weight is 390 g/mol. The number of rotatable bonds is 8. The number of carbonyl (C=O) groups is 2. The number of alkyl halides is 2. The molecule has 6 nitrogen and oxygen atoms in total. The van der Waals surface area contributed by atoms with Crippen LogP contribution in [0.1, 0.15) is 18.4 Å². The van der Waals surface area contributed by atoms with E-state index in [-0.39, 0.29) is 30.7 Å². The highest BCUT2D eigenvalue weighted by atomic mass is 19.3. The van der Waals surface area contributed by atoms with Crippen LogP contribution in [0.5, 0.6) is 11.5 Å². The zero-order valence-corrected chi connectivity index (χ0v) is 15.1. The van der Waals surface area contributed by atoms with Crippen molar-refractivity contribution in [2.24, 2.45) is 0 Å². The third kappa shape index (κ3) is 5.42. The third-order valence-corrected chi connectivity index (χ3v) is 4.23. The summed E-state index contributed by atoms with van der Waals surface area (Å²) in [5, 5.41) is 2.69. The number of anilines is 1. The van der Waals surface area contributed by atoms with Crippen LogP contribution in [-0.2, 0) is 16.1 Å². The van der Waals surface area contributed by atoms with Crippen molar-refractivity contribution < 1.29 is 27.8 Å². The lowest BCUT2D eigenvalue weighted by Gasteiger charge is -2.16. The van der Waals surface area contributed by atoms with Gasteiger partial charge in [0.15, 0.2) is 6.61 Å². The second-order valence-corrected chi connectivity index (χ2v) is 6.23. The molecule has 0 unspecified atom stereocenters. The van der Waals surface area contributed by atoms with Crippen LogP contribution in [0.3, 0.4) is 0 Å². The predicted molar refractivity (Wildman–Crippen MR) is 98.4 cm³/mol. The summed E-state index contributed by atoms with van der Waals surface area (Å²) in [6.07, 6.45) is 1.43. The quantitative estimate of drug-likeness (QED) is 0.752. The van der Waals surface area contributed by atoms with E-state index in [1.807, 2.05) is 0 Å². The molecule has 0 spiro atoms. The molecule has 1 aliphatic rings. The highest BCUT2D eigenvalue weighted by molar-refractivity contribution is 5.95. The normalized spacial score (nSPS) is 13.7. The zero-order chi connectivity index (χ0) is 19.9. The van der Waals surface area contributed by atoms with Crippen molar-refractivity contribution in [3.8, 4) is 11.5 Å². The van der Waals surface area contributed by atoms with Crippen LogP contribution < -0.4 is 19.7 Å². The molecule has 1 aliphatic heterocycles. The minimum Gasteiger partial charge on any atom is -0.484 e. The SMILES string of the molecule is O=C(COc1ccc(N2CCCC2=O)cc1)NCc1ccc(OC(F)F)cc1. The molecule has 2 amide bonds. The fourth-order valence-electron chi connectivity index (χ4n) is 2.83. The van der Waals surface area contributed by atoms with Gasteiger partial charge in [-0.05, 0) is 48.4 Å². The zero-order valence-electron chi connectivity index (χ0n) is 15.1. The van der Waals surface area contributed by atoms with Crippen LogP contribution >= 0.6 is 0 Å². The Morgan fingerprint density at radius 3 is 2.36 bits per heavy atom. The first-order valence-corrected chi connectivity index (χ1v) is 8.85. The van der Waals surface area contributed by atoms with Gasteiger partial charge >= 0.3 is 6.61 Å². The van der Waals surface area contributed by atoms with E-state index in [1.54, 1.807) is 41.3 Å². The number of benzene rings is 2. The topological polar surface area (TPSA) is 67.9 Å². The smallest absolute Gasteiger partial charge is 0.387 e. The Labute approximate surface area is 161 Å². The van der Waals surface area contributed by atoms with Crippen LogP contribution in [-0.4, -0.2) is 31.6 Å². The molecule has 28 heavy (non-hydrogen) atoms. The van der Waals surface area contributed by atoms with E-state index >= 15 is 0 Å². The number of nitrogens with zero attached hydrogens (tertiary/aromatic N) is 1. The van der Waals surface area contributed by atoms with Gasteiger partial charge in [-0.3, -0.25) is 9.59 Å². The number of halogens is 2. The van der Waals surface area contributed by atoms with E-state index in [0.717, 1.165) is 24.2 Å². The minimum absolute atomic E-state index is 0.0625. The van der Waals surface area contributed by atoms with Crippen LogP contribution in [0.15, 0.2) is 48.5 Å². The summed E-state index contributed by atoms with van der Waals surface area (Å²) in [5.41, 5.74) is 1.56. The van der Waals surface area contributed by atoms with E-state index in [2.05, 4.69) is 10.1 Å². The number of carbonyl (C=O) groups excluding carboxylic acids is 2. The van der Waals surface area contributed by atoms with Crippen LogP contribution in [0.2, 0.25) is 0 Å². The Morgan fingerprint density at radius 1 is 1.07 bits per heavy atom. The summed E-state index contributed by atoms with van der Waals surface area (Å²) in [4.78, 5) is 25.4. The summed E-state index contributed by atoms with van der Waals surface area (Å²) < 4.78 is 33.9. The molecule has 2 aromatic carbocycles. The number of hydrogen-bond donors (Lipinski definition) is 1. The Morgan fingerprint density at radius 2 is 1.75 bits per heavy atom. The van der Waals surface area contributed by atoms with Crippen LogP contribution in [0, 0.1) is 0 Å². The van der Waals surface area contributed by atoms with Gasteiger partial charge in [-0.25, -0.2) is 0 Å². The Hall–Kier alpha value is -3.16. The summed E-state index contributed by atoms with van der Waals surface area (Å²) in [5.74, 6) is 0.389. The molecule has 0 radical (unpaired) electrons. The third-order valence-electron chi connectivity index (χ3n) is 4.23. The second-order valence-electron chi connectivity index (χ2n) is 6.23. The van der Waals surface area contributed by atoms with Crippen molar-refractivity contribution in [3.05, 3.63) is 54.1 Å². The van der Waals surface area contributed by atoms with E-state index < -0.39 is 6.61 Å². The molecule has 0 aromatic heterocycles. The molecule has 0 atom stereocenters. The minimum atomic E-state index is -2.87. The van der Waals surface area contributed by atoms with E-state index in [1.165, 1.54) is 12.1 Å². The highest BCUT2D eigenvalue weighted by Gasteiger charge is 2.21. The number of hydrogen-bond acceptors (Lipinski definition) is 4. The van der Waals surface area contributed by atoms with Crippen LogP contribution in [0.4, 0.5) is 14.5 Å². The van der Waals surface area contributed by atoms with Crippen molar-refractivity contribution >= 4 is 17.5 Å². The molecular formula is C20H20F2N2O4. The van der Waals surface area contributed by atoms with E-state index in [0.29, 0.717) is 12.2 Å². The van der Waals surface area contributed by atoms with Crippen LogP contribution in [0.25, 0.3) is 0 Å². The fourth-order valence-corrected chi connectivity index (χ4v) is 2.83. The standard InChI is InChI=1S/C20H20F2N2O4/c21-20(22)28-17-7-3-14(4-8-17)12-23-18(25)13-27-16-9-5-15(6-10-16)24-11-1-2-19(24)26/h3-10,20H,1-2,11-13H2,(H,23,25). The van der Waals surface area contributed by atoms with E-state index in [9.17, 15) is 18.4 Å². The van der Waals surface area contributed by atoms with Gasteiger partial charge in [0.1, 0.15) is 11.5 Å². The van der Waals surface area contributed by atoms with Gasteiger partial charge in [0.05, 0.1) is 0 Å². The fraction of sp³-hybridized carbons (Fsp3) is 0.300. The second kappa shape index (κ2) is 9.16. The van der Waals surface area contributed by atoms with Crippen molar-refractivity contribution in [3.63, 3.8) is 0 Å². The molecule has 1 saturated heterocycles. The molecule has 1 N–H and O–H groups in total. The molecule has 148 valence electrons. The van der Waals surface area contributed by atoms with E-state index in [4.69, 9.17) is 4.74 Å². The molecule has 0 bridgehead atoms. The number of nitrogens with one attached hydrogen (secondary N) is 1. The first-order valence-electron chi connectivity index (χ1n) is 8.85. The van der Waals surface area contributed by atoms with Gasteiger partial charge in [-0.1, -0.05) is 12.1 Å². The maximum absolute atomic E-state index is 12.1. The molecule has 8 heteroatoms. The van der Waals surface area contributed by atoms with Crippen molar-refractivity contribution in [1.29, 1.82) is 0 Å². The summed E-state index contributed by atoms with van der Waals surface area (Å²) in [6, 6.07) is 13.0.